The topological polar surface area (TPSA) is 31.1 Å². The zero-order valence-corrected chi connectivity index (χ0v) is 10.2. The van der Waals surface area contributed by atoms with E-state index in [-0.39, 0.29) is 0 Å². The molecule has 1 saturated heterocycles. The molecule has 1 aliphatic heterocycles. The third-order valence-corrected chi connectivity index (χ3v) is 3.47. The molecule has 0 amide bonds. The Morgan fingerprint density at radius 2 is 2.38 bits per heavy atom. The second-order valence-electron chi connectivity index (χ2n) is 4.85. The van der Waals surface area contributed by atoms with Crippen LogP contribution < -0.4 is 5.32 Å². The number of hydrogen-bond acceptors (Lipinski definition) is 2. The van der Waals surface area contributed by atoms with Crippen molar-refractivity contribution in [1.29, 1.82) is 0 Å². The van der Waals surface area contributed by atoms with Gasteiger partial charge in [-0.1, -0.05) is 0 Å². The fraction of sp³-hybridized carbons (Fsp3) is 0.692. The first-order valence-corrected chi connectivity index (χ1v) is 6.38. The molecule has 3 nitrogen and oxygen atoms in total. The van der Waals surface area contributed by atoms with E-state index in [1.807, 2.05) is 6.20 Å². The van der Waals surface area contributed by atoms with Gasteiger partial charge in [-0.05, 0) is 57.5 Å². The van der Waals surface area contributed by atoms with Crippen LogP contribution in [0.5, 0.6) is 0 Å². The fourth-order valence-corrected chi connectivity index (χ4v) is 2.33. The lowest BCUT2D eigenvalue weighted by molar-refractivity contribution is 0.316. The van der Waals surface area contributed by atoms with Crippen LogP contribution in [0.4, 0.5) is 0 Å². The molecule has 90 valence electrons. The molecule has 16 heavy (non-hydrogen) atoms. The summed E-state index contributed by atoms with van der Waals surface area (Å²) < 4.78 is 0. The third-order valence-electron chi connectivity index (χ3n) is 3.47. The molecule has 3 heteroatoms. The molecular weight excluding hydrogens is 198 g/mol. The van der Waals surface area contributed by atoms with E-state index in [1.54, 1.807) is 0 Å². The number of nitrogens with one attached hydrogen (secondary N) is 2. The fourth-order valence-electron chi connectivity index (χ4n) is 2.33. The first-order valence-electron chi connectivity index (χ1n) is 6.38. The Bertz CT molecular complexity index is 275. The molecule has 2 heterocycles. The Balaban J connectivity index is 1.58. The largest absolute Gasteiger partial charge is 0.367 e. The van der Waals surface area contributed by atoms with Gasteiger partial charge in [-0.3, -0.25) is 0 Å². The van der Waals surface area contributed by atoms with Crippen LogP contribution in [0, 0.1) is 0 Å². The first kappa shape index (κ1) is 11.7. The van der Waals surface area contributed by atoms with Crippen LogP contribution in [0.3, 0.4) is 0 Å². The van der Waals surface area contributed by atoms with E-state index in [0.29, 0.717) is 0 Å². The molecule has 1 aromatic heterocycles. The number of rotatable bonds is 6. The second-order valence-corrected chi connectivity index (χ2v) is 4.85. The smallest absolute Gasteiger partial charge is 0.00797 e. The van der Waals surface area contributed by atoms with Gasteiger partial charge in [0.2, 0.25) is 0 Å². The molecule has 0 aromatic carbocycles. The van der Waals surface area contributed by atoms with E-state index in [1.165, 1.54) is 37.9 Å². The standard InChI is InChI=1S/C13H23N3/c1-16(9-5-12-4-8-14-11-12)10-6-13-3-2-7-15-13/h4,8,11,13-15H,2-3,5-7,9-10H2,1H3. The average Bonchev–Trinajstić information content (AvgIpc) is 2.96. The van der Waals surface area contributed by atoms with Crippen molar-refractivity contribution in [3.8, 4) is 0 Å². The lowest BCUT2D eigenvalue weighted by atomic mass is 10.1. The average molecular weight is 221 g/mol. The summed E-state index contributed by atoms with van der Waals surface area (Å²) in [5.74, 6) is 0. The van der Waals surface area contributed by atoms with Gasteiger partial charge >= 0.3 is 0 Å². The molecule has 1 fully saturated rings. The third kappa shape index (κ3) is 3.65. The monoisotopic (exact) mass is 221 g/mol. The number of aromatic nitrogens is 1. The molecule has 0 spiro atoms. The van der Waals surface area contributed by atoms with Gasteiger partial charge in [-0.15, -0.1) is 0 Å². The highest BCUT2D eigenvalue weighted by atomic mass is 15.1. The molecule has 0 radical (unpaired) electrons. The molecule has 2 N–H and O–H groups in total. The summed E-state index contributed by atoms with van der Waals surface area (Å²) in [6, 6.07) is 2.93. The molecule has 0 saturated carbocycles. The van der Waals surface area contributed by atoms with Gasteiger partial charge in [0.1, 0.15) is 0 Å². The molecule has 2 rings (SSSR count). The minimum absolute atomic E-state index is 0.773. The summed E-state index contributed by atoms with van der Waals surface area (Å²) in [4.78, 5) is 5.54. The van der Waals surface area contributed by atoms with Crippen LogP contribution in [0.2, 0.25) is 0 Å². The van der Waals surface area contributed by atoms with Crippen LogP contribution in [0.1, 0.15) is 24.8 Å². The Labute approximate surface area is 98.2 Å². The van der Waals surface area contributed by atoms with Crippen molar-refractivity contribution in [3.63, 3.8) is 0 Å². The summed E-state index contributed by atoms with van der Waals surface area (Å²) in [6.45, 7) is 3.59. The highest BCUT2D eigenvalue weighted by Crippen LogP contribution is 2.09. The van der Waals surface area contributed by atoms with E-state index in [4.69, 9.17) is 0 Å². The summed E-state index contributed by atoms with van der Waals surface area (Å²) >= 11 is 0. The van der Waals surface area contributed by atoms with Gasteiger partial charge in [0.25, 0.3) is 0 Å². The number of aromatic amines is 1. The quantitative estimate of drug-likeness (QED) is 0.765. The van der Waals surface area contributed by atoms with Gasteiger partial charge in [0.15, 0.2) is 0 Å². The van der Waals surface area contributed by atoms with Crippen LogP contribution >= 0.6 is 0 Å². The van der Waals surface area contributed by atoms with Gasteiger partial charge in [0, 0.05) is 25.0 Å². The van der Waals surface area contributed by atoms with Gasteiger partial charge in [-0.25, -0.2) is 0 Å². The highest BCUT2D eigenvalue weighted by molar-refractivity contribution is 5.08. The molecule has 1 unspecified atom stereocenters. The first-order chi connectivity index (χ1) is 7.84. The van der Waals surface area contributed by atoms with E-state index in [2.05, 4.69) is 34.5 Å². The van der Waals surface area contributed by atoms with Crippen LogP contribution in [0.25, 0.3) is 0 Å². The summed E-state index contributed by atoms with van der Waals surface area (Å²) in [7, 11) is 2.22. The van der Waals surface area contributed by atoms with Crippen molar-refractivity contribution in [2.45, 2.75) is 31.7 Å². The predicted octanol–water partition coefficient (Wildman–Crippen LogP) is 1.63. The summed E-state index contributed by atoms with van der Waals surface area (Å²) in [5, 5.41) is 3.55. The normalized spacial score (nSPS) is 20.8. The lowest BCUT2D eigenvalue weighted by Crippen LogP contribution is -2.29. The van der Waals surface area contributed by atoms with Crippen LogP contribution in [-0.4, -0.2) is 42.6 Å². The summed E-state index contributed by atoms with van der Waals surface area (Å²) in [5.41, 5.74) is 1.41. The van der Waals surface area contributed by atoms with Crippen molar-refractivity contribution in [2.24, 2.45) is 0 Å². The maximum Gasteiger partial charge on any atom is 0.00797 e. The van der Waals surface area contributed by atoms with Crippen molar-refractivity contribution < 1.29 is 0 Å². The number of H-pyrrole nitrogens is 1. The Hall–Kier alpha value is -0.800. The van der Waals surface area contributed by atoms with Crippen LogP contribution in [-0.2, 0) is 6.42 Å². The Morgan fingerprint density at radius 1 is 1.44 bits per heavy atom. The molecule has 1 aliphatic rings. The highest BCUT2D eigenvalue weighted by Gasteiger charge is 2.13. The van der Waals surface area contributed by atoms with Gasteiger partial charge < -0.3 is 15.2 Å². The second kappa shape index (κ2) is 6.06. The molecule has 0 aliphatic carbocycles. The van der Waals surface area contributed by atoms with E-state index < -0.39 is 0 Å². The maximum absolute atomic E-state index is 3.55. The minimum atomic E-state index is 0.773. The SMILES string of the molecule is CN(CCc1cc[nH]c1)CCC1CCCN1. The number of nitrogens with zero attached hydrogens (tertiary/aromatic N) is 1. The predicted molar refractivity (Wildman–Crippen MR) is 67.6 cm³/mol. The minimum Gasteiger partial charge on any atom is -0.367 e. The summed E-state index contributed by atoms with van der Waals surface area (Å²) in [6.07, 6.45) is 9.26. The van der Waals surface area contributed by atoms with Crippen LogP contribution in [0.15, 0.2) is 18.5 Å². The van der Waals surface area contributed by atoms with Crippen molar-refractivity contribution in [3.05, 3.63) is 24.0 Å². The van der Waals surface area contributed by atoms with Gasteiger partial charge in [0.05, 0.1) is 0 Å². The molecule has 0 bridgehead atoms. The zero-order chi connectivity index (χ0) is 11.2. The van der Waals surface area contributed by atoms with E-state index in [9.17, 15) is 0 Å². The van der Waals surface area contributed by atoms with Crippen molar-refractivity contribution >= 4 is 0 Å². The number of likely N-dealkylation sites (N-methyl/N-ethyl adjacent to an activating group) is 1. The van der Waals surface area contributed by atoms with E-state index >= 15 is 0 Å². The zero-order valence-electron chi connectivity index (χ0n) is 10.2. The van der Waals surface area contributed by atoms with Crippen molar-refractivity contribution in [2.75, 3.05) is 26.7 Å². The van der Waals surface area contributed by atoms with E-state index in [0.717, 1.165) is 19.0 Å². The molecule has 1 aromatic rings. The maximum atomic E-state index is 3.55. The number of hydrogen-bond donors (Lipinski definition) is 2. The molecular formula is C13H23N3. The Morgan fingerprint density at radius 3 is 3.06 bits per heavy atom. The Kier molecular flexibility index (Phi) is 4.43. The van der Waals surface area contributed by atoms with Gasteiger partial charge in [-0.2, -0.15) is 0 Å². The lowest BCUT2D eigenvalue weighted by Gasteiger charge is -2.18. The molecule has 1 atom stereocenters. The van der Waals surface area contributed by atoms with Crippen molar-refractivity contribution in [1.82, 2.24) is 15.2 Å².